The van der Waals surface area contributed by atoms with E-state index < -0.39 is 0 Å². The van der Waals surface area contributed by atoms with Crippen LogP contribution < -0.4 is 9.47 Å². The van der Waals surface area contributed by atoms with Gasteiger partial charge in [-0.15, -0.1) is 11.3 Å². The summed E-state index contributed by atoms with van der Waals surface area (Å²) < 4.78 is 11.3. The van der Waals surface area contributed by atoms with E-state index in [1.54, 1.807) is 32.4 Å². The molecule has 104 valence electrons. The number of rotatable bonds is 5. The zero-order chi connectivity index (χ0) is 14.5. The Balaban J connectivity index is 2.27. The van der Waals surface area contributed by atoms with E-state index in [4.69, 9.17) is 9.47 Å². The SMILES string of the molecule is COc1cc(Br)c(C=CC(=O)c2cccs2)cc1OC. The van der Waals surface area contributed by atoms with Crippen molar-refractivity contribution >= 4 is 39.1 Å². The third kappa shape index (κ3) is 3.29. The van der Waals surface area contributed by atoms with Crippen LogP contribution in [0.15, 0.2) is 40.2 Å². The van der Waals surface area contributed by atoms with Crippen molar-refractivity contribution in [3.05, 3.63) is 50.6 Å². The van der Waals surface area contributed by atoms with Gasteiger partial charge in [-0.2, -0.15) is 0 Å². The molecule has 0 amide bonds. The predicted octanol–water partition coefficient (Wildman–Crippen LogP) is 4.42. The first-order chi connectivity index (χ1) is 9.65. The molecular weight excluding hydrogens is 340 g/mol. The second-order valence-electron chi connectivity index (χ2n) is 3.90. The minimum Gasteiger partial charge on any atom is -0.493 e. The Bertz CT molecular complexity index is 633. The highest BCUT2D eigenvalue weighted by Gasteiger charge is 2.08. The fraction of sp³-hybridized carbons (Fsp3) is 0.133. The van der Waals surface area contributed by atoms with Gasteiger partial charge < -0.3 is 9.47 Å². The molecule has 20 heavy (non-hydrogen) atoms. The third-order valence-corrected chi connectivity index (χ3v) is 4.25. The quantitative estimate of drug-likeness (QED) is 0.590. The maximum Gasteiger partial charge on any atom is 0.195 e. The Kier molecular flexibility index (Phi) is 4.98. The summed E-state index contributed by atoms with van der Waals surface area (Å²) in [4.78, 5) is 12.6. The van der Waals surface area contributed by atoms with Gasteiger partial charge in [-0.25, -0.2) is 0 Å². The van der Waals surface area contributed by atoms with Crippen molar-refractivity contribution in [2.75, 3.05) is 14.2 Å². The molecule has 3 nitrogen and oxygen atoms in total. The Morgan fingerprint density at radius 2 is 1.95 bits per heavy atom. The molecule has 5 heteroatoms. The van der Waals surface area contributed by atoms with Crippen molar-refractivity contribution in [1.82, 2.24) is 0 Å². The Labute approximate surface area is 130 Å². The van der Waals surface area contributed by atoms with Crippen molar-refractivity contribution in [2.45, 2.75) is 0 Å². The molecule has 0 atom stereocenters. The van der Waals surface area contributed by atoms with Gasteiger partial charge in [-0.1, -0.05) is 22.0 Å². The normalized spacial score (nSPS) is 10.8. The zero-order valence-corrected chi connectivity index (χ0v) is 13.5. The van der Waals surface area contributed by atoms with Crippen LogP contribution in [0.2, 0.25) is 0 Å². The molecule has 0 aliphatic rings. The number of ketones is 1. The Morgan fingerprint density at radius 1 is 1.25 bits per heavy atom. The predicted molar refractivity (Wildman–Crippen MR) is 84.9 cm³/mol. The van der Waals surface area contributed by atoms with E-state index in [0.29, 0.717) is 11.5 Å². The molecule has 0 aliphatic heterocycles. The first-order valence-electron chi connectivity index (χ1n) is 5.83. The lowest BCUT2D eigenvalue weighted by Crippen LogP contribution is -1.93. The van der Waals surface area contributed by atoms with E-state index in [-0.39, 0.29) is 5.78 Å². The number of ether oxygens (including phenoxy) is 2. The molecule has 2 aromatic rings. The molecule has 1 aromatic carbocycles. The first-order valence-corrected chi connectivity index (χ1v) is 7.50. The van der Waals surface area contributed by atoms with Gasteiger partial charge in [0.05, 0.1) is 19.1 Å². The molecule has 1 heterocycles. The molecule has 0 aliphatic carbocycles. The highest BCUT2D eigenvalue weighted by Crippen LogP contribution is 2.33. The van der Waals surface area contributed by atoms with Gasteiger partial charge in [0.25, 0.3) is 0 Å². The van der Waals surface area contributed by atoms with E-state index in [0.717, 1.165) is 14.9 Å². The van der Waals surface area contributed by atoms with Gasteiger partial charge >= 0.3 is 0 Å². The van der Waals surface area contributed by atoms with E-state index >= 15 is 0 Å². The van der Waals surface area contributed by atoms with Crippen molar-refractivity contribution in [3.8, 4) is 11.5 Å². The summed E-state index contributed by atoms with van der Waals surface area (Å²) >= 11 is 4.88. The van der Waals surface area contributed by atoms with Crippen molar-refractivity contribution in [2.24, 2.45) is 0 Å². The van der Waals surface area contributed by atoms with Crippen LogP contribution in [0.5, 0.6) is 11.5 Å². The van der Waals surface area contributed by atoms with Crippen LogP contribution in [0.4, 0.5) is 0 Å². The molecule has 0 saturated heterocycles. The molecule has 0 N–H and O–H groups in total. The highest BCUT2D eigenvalue weighted by molar-refractivity contribution is 9.10. The molecular formula is C15H13BrO3S. The monoisotopic (exact) mass is 352 g/mol. The second kappa shape index (κ2) is 6.72. The number of halogens is 1. The maximum absolute atomic E-state index is 11.9. The number of hydrogen-bond acceptors (Lipinski definition) is 4. The lowest BCUT2D eigenvalue weighted by Gasteiger charge is -2.09. The summed E-state index contributed by atoms with van der Waals surface area (Å²) in [6.07, 6.45) is 3.31. The Hall–Kier alpha value is -1.59. The van der Waals surface area contributed by atoms with E-state index in [2.05, 4.69) is 15.9 Å². The fourth-order valence-corrected chi connectivity index (χ4v) is 2.76. The standard InChI is InChI=1S/C15H13BrO3S/c1-18-13-8-10(11(16)9-14(13)19-2)5-6-12(17)15-4-3-7-20-15/h3-9H,1-2H3. The number of benzene rings is 1. The van der Waals surface area contributed by atoms with Crippen molar-refractivity contribution in [1.29, 1.82) is 0 Å². The molecule has 1 aromatic heterocycles. The number of hydrogen-bond donors (Lipinski definition) is 0. The summed E-state index contributed by atoms with van der Waals surface area (Å²) in [5.41, 5.74) is 0.854. The van der Waals surface area contributed by atoms with E-state index in [1.807, 2.05) is 23.6 Å². The molecule has 2 rings (SSSR count). The van der Waals surface area contributed by atoms with Gasteiger partial charge in [0.2, 0.25) is 0 Å². The van der Waals surface area contributed by atoms with Crippen LogP contribution in [-0.4, -0.2) is 20.0 Å². The maximum atomic E-state index is 11.9. The lowest BCUT2D eigenvalue weighted by molar-refractivity contribution is 0.105. The highest BCUT2D eigenvalue weighted by atomic mass is 79.9. The molecule has 0 fully saturated rings. The fourth-order valence-electron chi connectivity index (χ4n) is 1.66. The molecule has 0 bridgehead atoms. The third-order valence-electron chi connectivity index (χ3n) is 2.68. The van der Waals surface area contributed by atoms with Gasteiger partial charge in [0.1, 0.15) is 0 Å². The smallest absolute Gasteiger partial charge is 0.195 e. The molecule has 0 unspecified atom stereocenters. The number of allylic oxidation sites excluding steroid dienone is 1. The average Bonchev–Trinajstić information content (AvgIpc) is 2.99. The number of methoxy groups -OCH3 is 2. The van der Waals surface area contributed by atoms with Crippen molar-refractivity contribution in [3.63, 3.8) is 0 Å². The number of carbonyl (C=O) groups excluding carboxylic acids is 1. The van der Waals surface area contributed by atoms with Gasteiger partial charge in [0.15, 0.2) is 17.3 Å². The second-order valence-corrected chi connectivity index (χ2v) is 5.71. The molecule has 0 spiro atoms. The minimum atomic E-state index is -0.0123. The minimum absolute atomic E-state index is 0.0123. The summed E-state index contributed by atoms with van der Waals surface area (Å²) in [5.74, 6) is 1.25. The van der Waals surface area contributed by atoms with Crippen LogP contribution >= 0.6 is 27.3 Å². The van der Waals surface area contributed by atoms with E-state index in [9.17, 15) is 4.79 Å². The van der Waals surface area contributed by atoms with Crippen LogP contribution in [0.25, 0.3) is 6.08 Å². The zero-order valence-electron chi connectivity index (χ0n) is 11.1. The lowest BCUT2D eigenvalue weighted by atomic mass is 10.1. The van der Waals surface area contributed by atoms with E-state index in [1.165, 1.54) is 11.3 Å². The number of carbonyl (C=O) groups is 1. The van der Waals surface area contributed by atoms with Crippen LogP contribution in [0.3, 0.4) is 0 Å². The molecule has 0 radical (unpaired) electrons. The van der Waals surface area contributed by atoms with Crippen LogP contribution in [-0.2, 0) is 0 Å². The average molecular weight is 353 g/mol. The first kappa shape index (κ1) is 14.8. The topological polar surface area (TPSA) is 35.5 Å². The Morgan fingerprint density at radius 3 is 2.55 bits per heavy atom. The summed E-state index contributed by atoms with van der Waals surface area (Å²) in [7, 11) is 3.16. The largest absolute Gasteiger partial charge is 0.493 e. The van der Waals surface area contributed by atoms with Crippen LogP contribution in [0, 0.1) is 0 Å². The summed E-state index contributed by atoms with van der Waals surface area (Å²) in [5, 5.41) is 1.88. The van der Waals surface area contributed by atoms with Gasteiger partial charge in [-0.05, 0) is 41.3 Å². The van der Waals surface area contributed by atoms with Gasteiger partial charge in [-0.3, -0.25) is 4.79 Å². The van der Waals surface area contributed by atoms with Crippen molar-refractivity contribution < 1.29 is 14.3 Å². The molecule has 0 saturated carbocycles. The number of thiophene rings is 1. The van der Waals surface area contributed by atoms with Crippen LogP contribution in [0.1, 0.15) is 15.2 Å². The summed E-state index contributed by atoms with van der Waals surface area (Å²) in [6, 6.07) is 7.30. The summed E-state index contributed by atoms with van der Waals surface area (Å²) in [6.45, 7) is 0. The van der Waals surface area contributed by atoms with Gasteiger partial charge in [0, 0.05) is 4.47 Å².